The Bertz CT molecular complexity index is 800. The van der Waals surface area contributed by atoms with Crippen LogP contribution in [0.15, 0.2) is 47.4 Å². The Morgan fingerprint density at radius 3 is 2.55 bits per heavy atom. The molecule has 0 saturated heterocycles. The summed E-state index contributed by atoms with van der Waals surface area (Å²) in [5.41, 5.74) is -0.116. The van der Waals surface area contributed by atoms with Crippen molar-refractivity contribution in [1.82, 2.24) is 0 Å². The fourth-order valence-electron chi connectivity index (χ4n) is 1.56. The predicted molar refractivity (Wildman–Crippen MR) is 73.4 cm³/mol. The van der Waals surface area contributed by atoms with Gasteiger partial charge in [-0.2, -0.15) is 5.26 Å². The van der Waals surface area contributed by atoms with Crippen LogP contribution in [0.1, 0.15) is 5.56 Å². The highest BCUT2D eigenvalue weighted by atomic mass is 35.5. The van der Waals surface area contributed by atoms with Gasteiger partial charge in [0.2, 0.25) is 0 Å². The number of hydrogen-bond acceptors (Lipinski definition) is 3. The van der Waals surface area contributed by atoms with E-state index >= 15 is 0 Å². The Morgan fingerprint density at radius 1 is 1.20 bits per heavy atom. The van der Waals surface area contributed by atoms with Gasteiger partial charge < -0.3 is 0 Å². The van der Waals surface area contributed by atoms with Crippen molar-refractivity contribution in [3.63, 3.8) is 0 Å². The van der Waals surface area contributed by atoms with Gasteiger partial charge in [0.15, 0.2) is 0 Å². The van der Waals surface area contributed by atoms with Crippen molar-refractivity contribution in [2.75, 3.05) is 4.72 Å². The smallest absolute Gasteiger partial charge is 0.263 e. The van der Waals surface area contributed by atoms with Gasteiger partial charge in [0, 0.05) is 0 Å². The first-order chi connectivity index (χ1) is 9.44. The van der Waals surface area contributed by atoms with Gasteiger partial charge in [-0.15, -0.1) is 0 Å². The van der Waals surface area contributed by atoms with Crippen LogP contribution in [0.5, 0.6) is 0 Å². The first kappa shape index (κ1) is 14.3. The highest BCUT2D eigenvalue weighted by molar-refractivity contribution is 7.92. The average molecular weight is 311 g/mol. The molecular weight excluding hydrogens is 303 g/mol. The summed E-state index contributed by atoms with van der Waals surface area (Å²) in [4.78, 5) is -0.116. The molecule has 0 unspecified atom stereocenters. The first-order valence-corrected chi connectivity index (χ1v) is 7.27. The molecule has 0 aromatic heterocycles. The fourth-order valence-corrected chi connectivity index (χ4v) is 3.16. The van der Waals surface area contributed by atoms with Crippen molar-refractivity contribution in [2.24, 2.45) is 0 Å². The summed E-state index contributed by atoms with van der Waals surface area (Å²) in [5.74, 6) is -0.623. The summed E-state index contributed by atoms with van der Waals surface area (Å²) in [5, 5.41) is 8.94. The van der Waals surface area contributed by atoms with E-state index in [0.717, 1.165) is 12.1 Å². The third kappa shape index (κ3) is 2.90. The summed E-state index contributed by atoms with van der Waals surface area (Å²) in [6, 6.07) is 10.8. The number of benzene rings is 2. The maximum absolute atomic E-state index is 13.0. The van der Waals surface area contributed by atoms with Crippen molar-refractivity contribution in [1.29, 1.82) is 5.26 Å². The summed E-state index contributed by atoms with van der Waals surface area (Å²) in [6.45, 7) is 0. The van der Waals surface area contributed by atoms with Gasteiger partial charge in [-0.25, -0.2) is 12.8 Å². The summed E-state index contributed by atoms with van der Waals surface area (Å²) < 4.78 is 39.6. The van der Waals surface area contributed by atoms with E-state index in [1.165, 1.54) is 24.3 Å². The van der Waals surface area contributed by atoms with E-state index < -0.39 is 15.8 Å². The molecule has 2 aromatic carbocycles. The van der Waals surface area contributed by atoms with E-state index in [2.05, 4.69) is 4.72 Å². The molecule has 2 aromatic rings. The van der Waals surface area contributed by atoms with Crippen LogP contribution in [-0.4, -0.2) is 8.42 Å². The molecule has 0 atom stereocenters. The second-order valence-corrected chi connectivity index (χ2v) is 5.90. The number of halogens is 2. The maximum atomic E-state index is 13.0. The highest BCUT2D eigenvalue weighted by Gasteiger charge is 2.19. The second kappa shape index (κ2) is 5.49. The zero-order valence-corrected chi connectivity index (χ0v) is 11.5. The summed E-state index contributed by atoms with van der Waals surface area (Å²) in [7, 11) is -3.94. The van der Waals surface area contributed by atoms with Crippen molar-refractivity contribution in [3.8, 4) is 6.07 Å². The molecule has 0 aliphatic heterocycles. The molecule has 0 aliphatic rings. The van der Waals surface area contributed by atoms with E-state index in [4.69, 9.17) is 16.9 Å². The molecule has 0 amide bonds. The number of hydrogen-bond donors (Lipinski definition) is 1. The molecule has 0 heterocycles. The van der Waals surface area contributed by atoms with Gasteiger partial charge >= 0.3 is 0 Å². The fraction of sp³-hybridized carbons (Fsp3) is 0. The van der Waals surface area contributed by atoms with Gasteiger partial charge in [0.25, 0.3) is 10.0 Å². The normalized spacial score (nSPS) is 10.8. The zero-order chi connectivity index (χ0) is 14.8. The Kier molecular flexibility index (Phi) is 3.93. The van der Waals surface area contributed by atoms with Crippen LogP contribution in [0.25, 0.3) is 0 Å². The van der Waals surface area contributed by atoms with E-state index in [-0.39, 0.29) is 21.2 Å². The van der Waals surface area contributed by atoms with Gasteiger partial charge in [-0.3, -0.25) is 4.72 Å². The number of anilines is 1. The quantitative estimate of drug-likeness (QED) is 0.946. The lowest BCUT2D eigenvalue weighted by molar-refractivity contribution is 0.601. The minimum Gasteiger partial charge on any atom is -0.278 e. The molecule has 0 spiro atoms. The van der Waals surface area contributed by atoms with Crippen molar-refractivity contribution in [3.05, 3.63) is 58.9 Å². The van der Waals surface area contributed by atoms with Crippen LogP contribution >= 0.6 is 11.6 Å². The van der Waals surface area contributed by atoms with Crippen LogP contribution in [-0.2, 0) is 10.0 Å². The monoisotopic (exact) mass is 310 g/mol. The topological polar surface area (TPSA) is 70.0 Å². The Balaban J connectivity index is 2.45. The maximum Gasteiger partial charge on any atom is 0.263 e. The van der Waals surface area contributed by atoms with E-state index in [9.17, 15) is 12.8 Å². The molecule has 2 rings (SSSR count). The molecular formula is C13H8ClFN2O2S. The average Bonchev–Trinajstić information content (AvgIpc) is 2.41. The molecule has 0 radical (unpaired) electrons. The molecule has 7 heteroatoms. The molecule has 0 bridgehead atoms. The molecule has 0 fully saturated rings. The molecule has 4 nitrogen and oxygen atoms in total. The van der Waals surface area contributed by atoms with Crippen LogP contribution in [0, 0.1) is 17.1 Å². The minimum absolute atomic E-state index is 0.00572. The van der Waals surface area contributed by atoms with Gasteiger partial charge in [0.05, 0.1) is 16.3 Å². The third-order valence-electron chi connectivity index (χ3n) is 2.47. The lowest BCUT2D eigenvalue weighted by Gasteiger charge is -2.10. The summed E-state index contributed by atoms with van der Waals surface area (Å²) in [6.07, 6.45) is 0. The van der Waals surface area contributed by atoms with Crippen LogP contribution in [0.3, 0.4) is 0 Å². The molecule has 0 saturated carbocycles. The molecule has 1 N–H and O–H groups in total. The number of sulfonamides is 1. The van der Waals surface area contributed by atoms with Gasteiger partial charge in [-0.1, -0.05) is 23.7 Å². The van der Waals surface area contributed by atoms with E-state index in [1.54, 1.807) is 12.1 Å². The number of nitrogens with zero attached hydrogens (tertiary/aromatic N) is 1. The number of rotatable bonds is 3. The highest BCUT2D eigenvalue weighted by Crippen LogP contribution is 2.25. The number of nitrogens with one attached hydrogen (secondary N) is 1. The Labute approximate surface area is 120 Å². The van der Waals surface area contributed by atoms with E-state index in [1.807, 2.05) is 0 Å². The van der Waals surface area contributed by atoms with Crippen LogP contribution < -0.4 is 4.72 Å². The molecule has 20 heavy (non-hydrogen) atoms. The SMILES string of the molecule is N#Cc1cc(F)ccc1NS(=O)(=O)c1ccccc1Cl. The number of nitriles is 1. The molecule has 102 valence electrons. The van der Waals surface area contributed by atoms with Gasteiger partial charge in [-0.05, 0) is 30.3 Å². The van der Waals surface area contributed by atoms with Crippen molar-refractivity contribution in [2.45, 2.75) is 4.90 Å². The Morgan fingerprint density at radius 2 is 1.90 bits per heavy atom. The standard InChI is InChI=1S/C13H8ClFN2O2S/c14-11-3-1-2-4-13(11)20(18,19)17-12-6-5-10(15)7-9(12)8-16/h1-7,17H. The lowest BCUT2D eigenvalue weighted by Crippen LogP contribution is -2.14. The van der Waals surface area contributed by atoms with Crippen LogP contribution in [0.4, 0.5) is 10.1 Å². The minimum atomic E-state index is -3.94. The first-order valence-electron chi connectivity index (χ1n) is 5.41. The second-order valence-electron chi connectivity index (χ2n) is 3.84. The summed E-state index contributed by atoms with van der Waals surface area (Å²) >= 11 is 5.83. The van der Waals surface area contributed by atoms with E-state index in [0.29, 0.717) is 0 Å². The van der Waals surface area contributed by atoms with Crippen molar-refractivity contribution >= 4 is 27.3 Å². The third-order valence-corrected chi connectivity index (χ3v) is 4.34. The zero-order valence-electron chi connectivity index (χ0n) is 9.97. The van der Waals surface area contributed by atoms with Gasteiger partial charge in [0.1, 0.15) is 16.8 Å². The predicted octanol–water partition coefficient (Wildman–Crippen LogP) is 3.15. The Hall–Kier alpha value is -2.10. The van der Waals surface area contributed by atoms with Crippen LogP contribution in [0.2, 0.25) is 5.02 Å². The largest absolute Gasteiger partial charge is 0.278 e. The molecule has 0 aliphatic carbocycles. The van der Waals surface area contributed by atoms with Crippen molar-refractivity contribution < 1.29 is 12.8 Å². The lowest BCUT2D eigenvalue weighted by atomic mass is 10.2.